The predicted molar refractivity (Wildman–Crippen MR) is 131 cm³/mol. The maximum Gasteiger partial charge on any atom is 0.330 e. The van der Waals surface area contributed by atoms with E-state index in [0.29, 0.717) is 18.1 Å². The minimum Gasteiger partial charge on any atom is -0.383 e. The van der Waals surface area contributed by atoms with Gasteiger partial charge in [0.15, 0.2) is 0 Å². The lowest BCUT2D eigenvalue weighted by Gasteiger charge is -2.27. The number of methoxy groups -OCH3 is 1. The van der Waals surface area contributed by atoms with Gasteiger partial charge in [-0.3, -0.25) is 19.3 Å². The third-order valence-corrected chi connectivity index (χ3v) is 5.76. The van der Waals surface area contributed by atoms with E-state index in [2.05, 4.69) is 9.97 Å². The fourth-order valence-electron chi connectivity index (χ4n) is 3.83. The SMILES string of the molecule is COCCn1c(N)c(N(Cc2ccccc2)Cc2ccc(Cl)c3cccnc23)c(=O)[nH]c1=O. The molecule has 2 heterocycles. The fourth-order valence-corrected chi connectivity index (χ4v) is 4.05. The molecule has 2 aromatic carbocycles. The number of nitrogens with two attached hydrogens (primary N) is 1. The largest absolute Gasteiger partial charge is 0.383 e. The summed E-state index contributed by atoms with van der Waals surface area (Å²) in [4.78, 5) is 34.1. The number of anilines is 2. The van der Waals surface area contributed by atoms with Crippen LogP contribution in [0.3, 0.4) is 0 Å². The van der Waals surface area contributed by atoms with E-state index in [0.717, 1.165) is 22.0 Å². The standard InChI is InChI=1S/C24H24ClN5O3/c1-33-13-12-30-22(26)21(23(31)28-24(30)32)29(14-16-6-3-2-4-7-16)15-17-9-10-19(25)18-8-5-11-27-20(17)18/h2-11H,12-15,26H2,1H3,(H,28,31,32). The van der Waals surface area contributed by atoms with E-state index in [9.17, 15) is 9.59 Å². The molecular weight excluding hydrogens is 442 g/mol. The molecule has 0 aliphatic heterocycles. The molecule has 0 aliphatic carbocycles. The van der Waals surface area contributed by atoms with E-state index in [1.54, 1.807) is 6.20 Å². The number of nitrogens with one attached hydrogen (secondary N) is 1. The van der Waals surface area contributed by atoms with Gasteiger partial charge in [0.05, 0.1) is 18.7 Å². The normalized spacial score (nSPS) is 11.1. The molecule has 4 rings (SSSR count). The van der Waals surface area contributed by atoms with Crippen molar-refractivity contribution in [3.05, 3.63) is 97.8 Å². The van der Waals surface area contributed by atoms with Gasteiger partial charge in [0.25, 0.3) is 5.56 Å². The van der Waals surface area contributed by atoms with Crippen molar-refractivity contribution in [2.45, 2.75) is 19.6 Å². The number of hydrogen-bond acceptors (Lipinski definition) is 6. The smallest absolute Gasteiger partial charge is 0.330 e. The second-order valence-electron chi connectivity index (χ2n) is 7.59. The van der Waals surface area contributed by atoms with Crippen molar-refractivity contribution < 1.29 is 4.74 Å². The summed E-state index contributed by atoms with van der Waals surface area (Å²) in [6.45, 7) is 1.22. The first-order valence-electron chi connectivity index (χ1n) is 10.4. The number of aromatic amines is 1. The quantitative estimate of drug-likeness (QED) is 0.414. The van der Waals surface area contributed by atoms with Crippen LogP contribution in [0.4, 0.5) is 11.5 Å². The minimum absolute atomic E-state index is 0.0861. The molecule has 0 unspecified atom stereocenters. The molecule has 4 aromatic rings. The molecule has 0 aliphatic rings. The Morgan fingerprint density at radius 3 is 2.64 bits per heavy atom. The van der Waals surface area contributed by atoms with Crippen LogP contribution in [-0.4, -0.2) is 28.3 Å². The summed E-state index contributed by atoms with van der Waals surface area (Å²) in [6, 6.07) is 17.2. The van der Waals surface area contributed by atoms with E-state index in [1.807, 2.05) is 59.5 Å². The summed E-state index contributed by atoms with van der Waals surface area (Å²) in [7, 11) is 1.54. The fraction of sp³-hybridized carbons (Fsp3) is 0.208. The van der Waals surface area contributed by atoms with Crippen molar-refractivity contribution in [3.63, 3.8) is 0 Å². The van der Waals surface area contributed by atoms with Gasteiger partial charge in [0.2, 0.25) is 0 Å². The van der Waals surface area contributed by atoms with Crippen LogP contribution in [0.25, 0.3) is 10.9 Å². The molecule has 9 heteroatoms. The maximum absolute atomic E-state index is 13.0. The summed E-state index contributed by atoms with van der Waals surface area (Å²) in [5.74, 6) is 0.0861. The zero-order valence-electron chi connectivity index (χ0n) is 18.1. The molecule has 0 atom stereocenters. The molecule has 0 spiro atoms. The Kier molecular flexibility index (Phi) is 6.76. The summed E-state index contributed by atoms with van der Waals surface area (Å²) < 4.78 is 6.41. The first kappa shape index (κ1) is 22.6. The van der Waals surface area contributed by atoms with E-state index in [4.69, 9.17) is 22.1 Å². The number of ether oxygens (including phenoxy) is 1. The highest BCUT2D eigenvalue weighted by molar-refractivity contribution is 6.35. The molecule has 8 nitrogen and oxygen atoms in total. The van der Waals surface area contributed by atoms with E-state index >= 15 is 0 Å². The summed E-state index contributed by atoms with van der Waals surface area (Å²) in [5.41, 5.74) is 8.07. The summed E-state index contributed by atoms with van der Waals surface area (Å²) in [5, 5.41) is 1.42. The van der Waals surface area contributed by atoms with Crippen LogP contribution < -0.4 is 21.9 Å². The summed E-state index contributed by atoms with van der Waals surface area (Å²) >= 11 is 6.37. The monoisotopic (exact) mass is 465 g/mol. The Hall–Kier alpha value is -3.62. The third-order valence-electron chi connectivity index (χ3n) is 5.43. The van der Waals surface area contributed by atoms with Crippen LogP contribution in [-0.2, 0) is 24.4 Å². The lowest BCUT2D eigenvalue weighted by molar-refractivity contribution is 0.186. The van der Waals surface area contributed by atoms with Gasteiger partial charge in [-0.1, -0.05) is 48.0 Å². The third kappa shape index (κ3) is 4.76. The Balaban J connectivity index is 1.85. The lowest BCUT2D eigenvalue weighted by Crippen LogP contribution is -2.38. The average Bonchev–Trinajstić information content (AvgIpc) is 2.81. The minimum atomic E-state index is -0.573. The number of rotatable bonds is 8. The number of nitrogens with zero attached hydrogens (tertiary/aromatic N) is 3. The van der Waals surface area contributed by atoms with Gasteiger partial charge in [-0.05, 0) is 29.3 Å². The molecule has 0 amide bonds. The first-order valence-corrected chi connectivity index (χ1v) is 10.8. The maximum atomic E-state index is 13.0. The van der Waals surface area contributed by atoms with Crippen molar-refractivity contribution >= 4 is 34.0 Å². The van der Waals surface area contributed by atoms with Gasteiger partial charge in [0, 0.05) is 36.8 Å². The zero-order valence-corrected chi connectivity index (χ0v) is 18.9. The van der Waals surface area contributed by atoms with E-state index < -0.39 is 11.2 Å². The highest BCUT2D eigenvalue weighted by Gasteiger charge is 2.21. The highest BCUT2D eigenvalue weighted by atomic mass is 35.5. The molecule has 0 fully saturated rings. The Labute approximate surface area is 195 Å². The number of H-pyrrole nitrogens is 1. The van der Waals surface area contributed by atoms with Gasteiger partial charge >= 0.3 is 5.69 Å². The van der Waals surface area contributed by atoms with Gasteiger partial charge < -0.3 is 15.4 Å². The molecule has 3 N–H and O–H groups in total. The number of aromatic nitrogens is 3. The van der Waals surface area contributed by atoms with Crippen LogP contribution in [0.1, 0.15) is 11.1 Å². The van der Waals surface area contributed by atoms with Crippen LogP contribution in [0.15, 0.2) is 70.4 Å². The lowest BCUT2D eigenvalue weighted by atomic mass is 10.1. The Morgan fingerprint density at radius 2 is 1.88 bits per heavy atom. The van der Waals surface area contributed by atoms with Crippen LogP contribution >= 0.6 is 11.6 Å². The second kappa shape index (κ2) is 9.89. The molecule has 170 valence electrons. The van der Waals surface area contributed by atoms with Crippen LogP contribution in [0, 0.1) is 0 Å². The number of hydrogen-bond donors (Lipinski definition) is 2. The second-order valence-corrected chi connectivity index (χ2v) is 7.99. The Morgan fingerprint density at radius 1 is 1.09 bits per heavy atom. The topological polar surface area (TPSA) is 106 Å². The molecule has 2 aromatic heterocycles. The van der Waals surface area contributed by atoms with Crippen molar-refractivity contribution in [2.75, 3.05) is 24.4 Å². The molecule has 33 heavy (non-hydrogen) atoms. The van der Waals surface area contributed by atoms with Gasteiger partial charge in [-0.2, -0.15) is 0 Å². The molecule has 0 bridgehead atoms. The van der Waals surface area contributed by atoms with Crippen molar-refractivity contribution in [1.29, 1.82) is 0 Å². The summed E-state index contributed by atoms with van der Waals surface area (Å²) in [6.07, 6.45) is 1.70. The highest BCUT2D eigenvalue weighted by Crippen LogP contribution is 2.28. The number of nitrogen functional groups attached to an aromatic ring is 1. The van der Waals surface area contributed by atoms with Crippen molar-refractivity contribution in [1.82, 2.24) is 14.5 Å². The predicted octanol–water partition coefficient (Wildman–Crippen LogP) is 3.17. The van der Waals surface area contributed by atoms with E-state index in [1.165, 1.54) is 11.7 Å². The number of halogens is 1. The molecule has 0 radical (unpaired) electrons. The number of fused-ring (bicyclic) bond motifs is 1. The van der Waals surface area contributed by atoms with Crippen molar-refractivity contribution in [3.8, 4) is 0 Å². The van der Waals surface area contributed by atoms with E-state index in [-0.39, 0.29) is 24.7 Å². The first-order chi connectivity index (χ1) is 16.0. The molecule has 0 saturated carbocycles. The van der Waals surface area contributed by atoms with Crippen LogP contribution in [0.5, 0.6) is 0 Å². The van der Waals surface area contributed by atoms with Crippen molar-refractivity contribution in [2.24, 2.45) is 0 Å². The zero-order chi connectivity index (χ0) is 23.4. The Bertz CT molecular complexity index is 1380. The van der Waals surface area contributed by atoms with Gasteiger partial charge in [-0.15, -0.1) is 0 Å². The number of pyridine rings is 1. The van der Waals surface area contributed by atoms with Crippen LogP contribution in [0.2, 0.25) is 5.02 Å². The molecular formula is C24H24ClN5O3. The average molecular weight is 466 g/mol. The molecule has 0 saturated heterocycles. The van der Waals surface area contributed by atoms with Gasteiger partial charge in [0.1, 0.15) is 11.5 Å². The number of benzene rings is 2. The van der Waals surface area contributed by atoms with Gasteiger partial charge in [-0.25, -0.2) is 4.79 Å².